The zero-order valence-corrected chi connectivity index (χ0v) is 15.2. The van der Waals surface area contributed by atoms with Crippen LogP contribution in [0, 0.1) is 23.7 Å². The van der Waals surface area contributed by atoms with Crippen LogP contribution >= 0.6 is 11.8 Å². The van der Waals surface area contributed by atoms with Gasteiger partial charge in [0.05, 0.1) is 6.54 Å². The fourth-order valence-corrected chi connectivity index (χ4v) is 2.98. The summed E-state index contributed by atoms with van der Waals surface area (Å²) in [6, 6.07) is 0. The summed E-state index contributed by atoms with van der Waals surface area (Å²) in [6.07, 6.45) is 5.49. The summed E-state index contributed by atoms with van der Waals surface area (Å²) < 4.78 is 0. The standard InChI is InChI=1S/C17H35NOS/c1-7-8-9-16(15(5)14(4)13(2)3)17(19)12-18-10-11-20-6/h13-16,18H,7-12H2,1-6H3. The van der Waals surface area contributed by atoms with Crippen molar-refractivity contribution in [1.29, 1.82) is 0 Å². The Labute approximate surface area is 130 Å². The van der Waals surface area contributed by atoms with Crippen molar-refractivity contribution in [2.45, 2.75) is 53.9 Å². The van der Waals surface area contributed by atoms with Gasteiger partial charge in [-0.15, -0.1) is 0 Å². The summed E-state index contributed by atoms with van der Waals surface area (Å²) in [5.41, 5.74) is 0. The molecule has 0 rings (SSSR count). The summed E-state index contributed by atoms with van der Waals surface area (Å²) in [5, 5.41) is 3.30. The number of carbonyl (C=O) groups excluding carboxylic acids is 1. The summed E-state index contributed by atoms with van der Waals surface area (Å²) >= 11 is 1.82. The van der Waals surface area contributed by atoms with Crippen LogP contribution in [0.5, 0.6) is 0 Å². The highest BCUT2D eigenvalue weighted by atomic mass is 32.2. The third kappa shape index (κ3) is 7.68. The van der Waals surface area contributed by atoms with Crippen LogP contribution in [0.3, 0.4) is 0 Å². The molecule has 0 bridgehead atoms. The summed E-state index contributed by atoms with van der Waals surface area (Å²) in [6.45, 7) is 12.8. The Bertz CT molecular complexity index is 255. The third-order valence-electron chi connectivity index (χ3n) is 4.58. The molecule has 20 heavy (non-hydrogen) atoms. The molecule has 3 atom stereocenters. The van der Waals surface area contributed by atoms with Crippen LogP contribution in [-0.4, -0.2) is 30.9 Å². The monoisotopic (exact) mass is 301 g/mol. The zero-order chi connectivity index (χ0) is 15.5. The van der Waals surface area contributed by atoms with Crippen LogP contribution in [0.15, 0.2) is 0 Å². The van der Waals surface area contributed by atoms with Crippen molar-refractivity contribution in [2.75, 3.05) is 25.1 Å². The van der Waals surface area contributed by atoms with E-state index in [9.17, 15) is 4.79 Å². The van der Waals surface area contributed by atoms with Gasteiger partial charge in [-0.3, -0.25) is 4.79 Å². The van der Waals surface area contributed by atoms with E-state index in [-0.39, 0.29) is 5.92 Å². The minimum Gasteiger partial charge on any atom is -0.309 e. The molecule has 0 aromatic rings. The molecule has 3 heteroatoms. The molecule has 2 nitrogen and oxygen atoms in total. The van der Waals surface area contributed by atoms with Crippen molar-refractivity contribution in [3.05, 3.63) is 0 Å². The molecule has 1 N–H and O–H groups in total. The maximum atomic E-state index is 12.5. The third-order valence-corrected chi connectivity index (χ3v) is 5.19. The Hall–Kier alpha value is -0.0200. The topological polar surface area (TPSA) is 29.1 Å². The molecule has 0 heterocycles. The fraction of sp³-hybridized carbons (Fsp3) is 0.941. The van der Waals surface area contributed by atoms with E-state index in [0.717, 1.165) is 25.1 Å². The van der Waals surface area contributed by atoms with Gasteiger partial charge in [-0.25, -0.2) is 0 Å². The first-order chi connectivity index (χ1) is 9.45. The van der Waals surface area contributed by atoms with Gasteiger partial charge in [0, 0.05) is 18.2 Å². The average molecular weight is 302 g/mol. The molecule has 0 aliphatic rings. The van der Waals surface area contributed by atoms with E-state index in [0.29, 0.717) is 30.1 Å². The minimum atomic E-state index is 0.231. The molecule has 0 fully saturated rings. The molecule has 0 aromatic carbocycles. The van der Waals surface area contributed by atoms with Crippen LogP contribution in [0.1, 0.15) is 53.9 Å². The lowest BCUT2D eigenvalue weighted by atomic mass is 9.74. The number of unbranched alkanes of at least 4 members (excludes halogenated alkanes) is 1. The lowest BCUT2D eigenvalue weighted by molar-refractivity contribution is -0.124. The van der Waals surface area contributed by atoms with Crippen LogP contribution < -0.4 is 5.32 Å². The second-order valence-electron chi connectivity index (χ2n) is 6.35. The molecular formula is C17H35NOS. The lowest BCUT2D eigenvalue weighted by Gasteiger charge is -2.30. The first kappa shape index (κ1) is 20.0. The molecule has 0 saturated heterocycles. The Kier molecular flexibility index (Phi) is 11.6. The summed E-state index contributed by atoms with van der Waals surface area (Å²) in [7, 11) is 0. The maximum absolute atomic E-state index is 12.5. The molecule has 0 saturated carbocycles. The second kappa shape index (κ2) is 11.6. The number of hydrogen-bond donors (Lipinski definition) is 1. The van der Waals surface area contributed by atoms with E-state index in [2.05, 4.69) is 46.2 Å². The fourth-order valence-electron chi connectivity index (χ4n) is 2.63. The largest absolute Gasteiger partial charge is 0.309 e. The molecule has 0 aliphatic carbocycles. The number of hydrogen-bond acceptors (Lipinski definition) is 3. The molecule has 120 valence electrons. The Morgan fingerprint density at radius 1 is 1.15 bits per heavy atom. The van der Waals surface area contributed by atoms with Crippen LogP contribution in [0.2, 0.25) is 0 Å². The number of carbonyl (C=O) groups is 1. The van der Waals surface area contributed by atoms with Crippen molar-refractivity contribution < 1.29 is 4.79 Å². The molecule has 3 unspecified atom stereocenters. The van der Waals surface area contributed by atoms with Gasteiger partial charge in [0.15, 0.2) is 0 Å². The SMILES string of the molecule is CCCCC(C(=O)CNCCSC)C(C)C(C)C(C)C. The molecular weight excluding hydrogens is 266 g/mol. The van der Waals surface area contributed by atoms with Gasteiger partial charge in [-0.1, -0.05) is 47.5 Å². The van der Waals surface area contributed by atoms with E-state index < -0.39 is 0 Å². The quantitative estimate of drug-likeness (QED) is 0.547. The molecule has 0 spiro atoms. The summed E-state index contributed by atoms with van der Waals surface area (Å²) in [5.74, 6) is 3.45. The van der Waals surface area contributed by atoms with Crippen LogP contribution in [-0.2, 0) is 4.79 Å². The Morgan fingerprint density at radius 3 is 2.30 bits per heavy atom. The maximum Gasteiger partial charge on any atom is 0.149 e. The Morgan fingerprint density at radius 2 is 1.80 bits per heavy atom. The zero-order valence-electron chi connectivity index (χ0n) is 14.4. The molecule has 0 aliphatic heterocycles. The van der Waals surface area contributed by atoms with Gasteiger partial charge in [-0.2, -0.15) is 11.8 Å². The van der Waals surface area contributed by atoms with Crippen molar-refractivity contribution in [3.63, 3.8) is 0 Å². The van der Waals surface area contributed by atoms with E-state index in [1.165, 1.54) is 6.42 Å². The highest BCUT2D eigenvalue weighted by Crippen LogP contribution is 2.30. The summed E-state index contributed by atoms with van der Waals surface area (Å²) in [4.78, 5) is 12.5. The number of Topliss-reactive ketones (excluding diaryl/α,β-unsaturated/α-hetero) is 1. The molecule has 0 radical (unpaired) electrons. The normalized spacial score (nSPS) is 16.1. The molecule has 0 aromatic heterocycles. The van der Waals surface area contributed by atoms with E-state index in [1.807, 2.05) is 11.8 Å². The van der Waals surface area contributed by atoms with Gasteiger partial charge in [0.1, 0.15) is 5.78 Å². The van der Waals surface area contributed by atoms with Crippen LogP contribution in [0.4, 0.5) is 0 Å². The number of thioether (sulfide) groups is 1. The van der Waals surface area contributed by atoms with Crippen molar-refractivity contribution >= 4 is 17.5 Å². The van der Waals surface area contributed by atoms with Gasteiger partial charge in [0.25, 0.3) is 0 Å². The predicted molar refractivity (Wildman–Crippen MR) is 92.4 cm³/mol. The number of rotatable bonds is 12. The van der Waals surface area contributed by atoms with Crippen LogP contribution in [0.25, 0.3) is 0 Å². The van der Waals surface area contributed by atoms with Gasteiger partial charge in [-0.05, 0) is 30.4 Å². The lowest BCUT2D eigenvalue weighted by Crippen LogP contribution is -2.35. The van der Waals surface area contributed by atoms with Gasteiger partial charge >= 0.3 is 0 Å². The molecule has 0 amide bonds. The number of ketones is 1. The van der Waals surface area contributed by atoms with Crippen molar-refractivity contribution in [3.8, 4) is 0 Å². The van der Waals surface area contributed by atoms with Gasteiger partial charge in [0.2, 0.25) is 0 Å². The Balaban J connectivity index is 4.48. The van der Waals surface area contributed by atoms with E-state index in [1.54, 1.807) is 0 Å². The first-order valence-electron chi connectivity index (χ1n) is 8.18. The van der Waals surface area contributed by atoms with Crippen molar-refractivity contribution in [1.82, 2.24) is 5.32 Å². The predicted octanol–water partition coefficient (Wildman–Crippen LogP) is 4.24. The smallest absolute Gasteiger partial charge is 0.149 e. The highest BCUT2D eigenvalue weighted by molar-refractivity contribution is 7.98. The number of nitrogens with one attached hydrogen (secondary N) is 1. The second-order valence-corrected chi connectivity index (χ2v) is 7.33. The van der Waals surface area contributed by atoms with E-state index in [4.69, 9.17) is 0 Å². The first-order valence-corrected chi connectivity index (χ1v) is 9.57. The van der Waals surface area contributed by atoms with E-state index >= 15 is 0 Å². The van der Waals surface area contributed by atoms with Crippen molar-refractivity contribution in [2.24, 2.45) is 23.7 Å². The van der Waals surface area contributed by atoms with Gasteiger partial charge < -0.3 is 5.32 Å². The highest BCUT2D eigenvalue weighted by Gasteiger charge is 2.29. The average Bonchev–Trinajstić information content (AvgIpc) is 2.42. The minimum absolute atomic E-state index is 0.231.